The second-order valence-corrected chi connectivity index (χ2v) is 4.76. The summed E-state index contributed by atoms with van der Waals surface area (Å²) >= 11 is 2.99. The summed E-state index contributed by atoms with van der Waals surface area (Å²) in [6, 6.07) is 5.26. The van der Waals surface area contributed by atoms with Gasteiger partial charge in [-0.3, -0.25) is 4.79 Å². The summed E-state index contributed by atoms with van der Waals surface area (Å²) in [5, 5.41) is 2.09. The lowest BCUT2D eigenvalue weighted by atomic mass is 10.1. The zero-order valence-corrected chi connectivity index (χ0v) is 11.5. The maximum Gasteiger partial charge on any atom is 0.257 e. The first-order chi connectivity index (χ1) is 9.40. The minimum atomic E-state index is -0.912. The number of amides is 1. The van der Waals surface area contributed by atoms with Crippen molar-refractivity contribution in [3.05, 3.63) is 57.8 Å². The van der Waals surface area contributed by atoms with E-state index in [-0.39, 0.29) is 15.7 Å². The van der Waals surface area contributed by atoms with Crippen LogP contribution in [0.15, 0.2) is 34.8 Å². The molecular weight excluding hydrogens is 337 g/mol. The average Bonchev–Trinajstić information content (AvgIpc) is 2.38. The number of nitrogens with one attached hydrogen (secondary N) is 1. The minimum Gasteiger partial charge on any atom is -0.396 e. The Morgan fingerprint density at radius 3 is 2.30 bits per heavy atom. The van der Waals surface area contributed by atoms with E-state index in [0.717, 1.165) is 24.3 Å². The fraction of sp³-hybridized carbons (Fsp3) is 0. The van der Waals surface area contributed by atoms with Crippen molar-refractivity contribution < 1.29 is 18.0 Å². The highest BCUT2D eigenvalue weighted by Gasteiger charge is 2.17. The molecule has 1 amide bonds. The molecule has 0 aliphatic heterocycles. The summed E-state index contributed by atoms with van der Waals surface area (Å²) in [5.74, 6) is -3.34. The fourth-order valence-corrected chi connectivity index (χ4v) is 2.03. The van der Waals surface area contributed by atoms with Crippen molar-refractivity contribution in [1.29, 1.82) is 0 Å². The zero-order chi connectivity index (χ0) is 14.9. The number of rotatable bonds is 2. The molecule has 104 valence electrons. The molecule has 0 unspecified atom stereocenters. The fourth-order valence-electron chi connectivity index (χ4n) is 1.54. The molecule has 0 aromatic heterocycles. The minimum absolute atomic E-state index is 0.0356. The lowest BCUT2D eigenvalue weighted by Gasteiger charge is -2.09. The van der Waals surface area contributed by atoms with Crippen LogP contribution in [0.5, 0.6) is 0 Å². The molecule has 0 fully saturated rings. The predicted molar refractivity (Wildman–Crippen MR) is 72.8 cm³/mol. The van der Waals surface area contributed by atoms with Crippen LogP contribution in [-0.4, -0.2) is 5.91 Å². The topological polar surface area (TPSA) is 55.1 Å². The van der Waals surface area contributed by atoms with Gasteiger partial charge in [-0.25, -0.2) is 13.2 Å². The molecule has 0 atom stereocenters. The predicted octanol–water partition coefficient (Wildman–Crippen LogP) is 3.70. The van der Waals surface area contributed by atoms with Gasteiger partial charge in [0.05, 0.1) is 11.3 Å². The summed E-state index contributed by atoms with van der Waals surface area (Å²) in [6.07, 6.45) is 0. The second-order valence-electron chi connectivity index (χ2n) is 3.90. The van der Waals surface area contributed by atoms with Gasteiger partial charge in [0.2, 0.25) is 0 Å². The number of nitrogens with two attached hydrogens (primary N) is 1. The molecule has 0 saturated heterocycles. The first kappa shape index (κ1) is 14.4. The average molecular weight is 345 g/mol. The molecule has 2 aromatic rings. The van der Waals surface area contributed by atoms with Crippen molar-refractivity contribution in [3.63, 3.8) is 0 Å². The van der Waals surface area contributed by atoms with E-state index in [0.29, 0.717) is 0 Å². The molecule has 0 aliphatic rings. The highest BCUT2D eigenvalue weighted by atomic mass is 79.9. The van der Waals surface area contributed by atoms with Gasteiger partial charge in [-0.05, 0) is 40.2 Å². The van der Waals surface area contributed by atoms with Gasteiger partial charge in [0.1, 0.15) is 23.1 Å². The van der Waals surface area contributed by atoms with Crippen molar-refractivity contribution in [3.8, 4) is 0 Å². The van der Waals surface area contributed by atoms with Gasteiger partial charge in [0.15, 0.2) is 0 Å². The third kappa shape index (κ3) is 2.77. The van der Waals surface area contributed by atoms with E-state index in [1.54, 1.807) is 0 Å². The number of nitrogen functional groups attached to an aromatic ring is 1. The highest BCUT2D eigenvalue weighted by molar-refractivity contribution is 9.10. The second kappa shape index (κ2) is 5.54. The molecule has 0 saturated carbocycles. The Labute approximate surface area is 120 Å². The molecule has 0 bridgehead atoms. The molecule has 2 rings (SSSR count). The van der Waals surface area contributed by atoms with Crippen molar-refractivity contribution in [2.24, 2.45) is 0 Å². The van der Waals surface area contributed by atoms with Gasteiger partial charge in [-0.15, -0.1) is 0 Å². The third-order valence-corrected chi connectivity index (χ3v) is 3.19. The van der Waals surface area contributed by atoms with Crippen LogP contribution in [0.4, 0.5) is 24.5 Å². The zero-order valence-electron chi connectivity index (χ0n) is 9.88. The number of hydrogen-bond donors (Lipinski definition) is 2. The maximum atomic E-state index is 13.4. The largest absolute Gasteiger partial charge is 0.396 e. The number of carbonyl (C=O) groups excluding carboxylic acids is 1. The van der Waals surface area contributed by atoms with Crippen LogP contribution in [0.25, 0.3) is 0 Å². The summed E-state index contributed by atoms with van der Waals surface area (Å²) < 4.78 is 40.1. The van der Waals surface area contributed by atoms with Gasteiger partial charge in [0.25, 0.3) is 5.91 Å². The van der Waals surface area contributed by atoms with Crippen LogP contribution in [0.1, 0.15) is 10.4 Å². The Morgan fingerprint density at radius 1 is 1.10 bits per heavy atom. The van der Waals surface area contributed by atoms with Crippen molar-refractivity contribution in [2.75, 3.05) is 11.1 Å². The van der Waals surface area contributed by atoms with Gasteiger partial charge in [-0.1, -0.05) is 6.07 Å². The molecule has 3 N–H and O–H groups in total. The summed E-state index contributed by atoms with van der Waals surface area (Å²) in [6.45, 7) is 0. The van der Waals surface area contributed by atoms with Crippen LogP contribution in [-0.2, 0) is 0 Å². The van der Waals surface area contributed by atoms with Gasteiger partial charge >= 0.3 is 0 Å². The first-order valence-electron chi connectivity index (χ1n) is 5.40. The van der Waals surface area contributed by atoms with E-state index >= 15 is 0 Å². The van der Waals surface area contributed by atoms with Crippen LogP contribution in [0.3, 0.4) is 0 Å². The summed E-state index contributed by atoms with van der Waals surface area (Å²) in [7, 11) is 0. The molecule has 20 heavy (non-hydrogen) atoms. The Morgan fingerprint density at radius 2 is 1.70 bits per heavy atom. The van der Waals surface area contributed by atoms with E-state index in [2.05, 4.69) is 21.2 Å². The SMILES string of the molecule is Nc1cc(C(=O)Nc2c(F)cccc2F)c(Br)cc1F. The maximum absolute atomic E-state index is 13.4. The Balaban J connectivity index is 2.36. The first-order valence-corrected chi connectivity index (χ1v) is 6.19. The van der Waals surface area contributed by atoms with Gasteiger partial charge in [0, 0.05) is 4.47 Å². The number of para-hydroxylation sites is 1. The van der Waals surface area contributed by atoms with Gasteiger partial charge < -0.3 is 11.1 Å². The smallest absolute Gasteiger partial charge is 0.257 e. The third-order valence-electron chi connectivity index (χ3n) is 2.53. The lowest BCUT2D eigenvalue weighted by molar-refractivity contribution is 0.102. The van der Waals surface area contributed by atoms with Crippen molar-refractivity contribution >= 4 is 33.2 Å². The summed E-state index contributed by atoms with van der Waals surface area (Å²) in [4.78, 5) is 12.0. The normalized spacial score (nSPS) is 10.4. The van der Waals surface area contributed by atoms with Crippen LogP contribution >= 0.6 is 15.9 Å². The van der Waals surface area contributed by atoms with Crippen molar-refractivity contribution in [2.45, 2.75) is 0 Å². The Hall–Kier alpha value is -2.02. The molecule has 0 aliphatic carbocycles. The Kier molecular flexibility index (Phi) is 3.99. The lowest BCUT2D eigenvalue weighted by Crippen LogP contribution is -2.15. The number of anilines is 2. The molecule has 3 nitrogen and oxygen atoms in total. The van der Waals surface area contributed by atoms with Gasteiger partial charge in [-0.2, -0.15) is 0 Å². The molecule has 2 aromatic carbocycles. The van der Waals surface area contributed by atoms with E-state index in [4.69, 9.17) is 5.73 Å². The van der Waals surface area contributed by atoms with Crippen molar-refractivity contribution in [1.82, 2.24) is 0 Å². The van der Waals surface area contributed by atoms with E-state index in [9.17, 15) is 18.0 Å². The van der Waals surface area contributed by atoms with E-state index in [1.165, 1.54) is 6.07 Å². The number of benzene rings is 2. The quantitative estimate of drug-likeness (QED) is 0.816. The molecule has 0 radical (unpaired) electrons. The molecule has 0 heterocycles. The number of carbonyl (C=O) groups is 1. The van der Waals surface area contributed by atoms with Crippen LogP contribution < -0.4 is 11.1 Å². The summed E-state index contributed by atoms with van der Waals surface area (Å²) in [5.41, 5.74) is 4.50. The number of hydrogen-bond acceptors (Lipinski definition) is 2. The molecule has 0 spiro atoms. The van der Waals surface area contributed by atoms with E-state index < -0.39 is 29.0 Å². The van der Waals surface area contributed by atoms with Crippen LogP contribution in [0, 0.1) is 17.5 Å². The molecule has 7 heteroatoms. The number of halogens is 4. The van der Waals surface area contributed by atoms with Crippen LogP contribution in [0.2, 0.25) is 0 Å². The standard InChI is InChI=1S/C13H8BrF3N2O/c14-7-5-10(17)11(18)4-6(7)13(20)19-12-8(15)2-1-3-9(12)16/h1-5H,18H2,(H,19,20). The molecular formula is C13H8BrF3N2O. The Bertz CT molecular complexity index is 671. The monoisotopic (exact) mass is 344 g/mol. The highest BCUT2D eigenvalue weighted by Crippen LogP contribution is 2.25. The van der Waals surface area contributed by atoms with E-state index in [1.807, 2.05) is 0 Å².